The molecule has 1 fully saturated rings. The molecule has 1 atom stereocenters. The molecule has 1 saturated heterocycles. The third kappa shape index (κ3) is 6.55. The number of hydrogen-bond donors (Lipinski definition) is 2. The van der Waals surface area contributed by atoms with Gasteiger partial charge in [-0.3, -0.25) is 4.99 Å². The predicted octanol–water partition coefficient (Wildman–Crippen LogP) is 3.34. The Hall–Kier alpha value is -2.57. The second-order valence-corrected chi connectivity index (χ2v) is 6.59. The van der Waals surface area contributed by atoms with Gasteiger partial charge in [-0.1, -0.05) is 36.4 Å². The topological polar surface area (TPSA) is 64.1 Å². The summed E-state index contributed by atoms with van der Waals surface area (Å²) in [5.41, 5.74) is 1.07. The zero-order valence-corrected chi connectivity index (χ0v) is 16.4. The number of benzene rings is 2. The number of hydrogen-bond acceptors (Lipinski definition) is 4. The maximum Gasteiger partial charge on any atom is 0.191 e. The van der Waals surface area contributed by atoms with Crippen LogP contribution in [0.3, 0.4) is 0 Å². The molecule has 6 nitrogen and oxygen atoms in total. The first-order valence-electron chi connectivity index (χ1n) is 9.80. The van der Waals surface area contributed by atoms with E-state index in [0.29, 0.717) is 6.54 Å². The summed E-state index contributed by atoms with van der Waals surface area (Å²) in [4.78, 5) is 4.28. The molecule has 150 valence electrons. The molecule has 0 aromatic heterocycles. The number of para-hydroxylation sites is 2. The second kappa shape index (κ2) is 11.3. The van der Waals surface area contributed by atoms with E-state index in [0.717, 1.165) is 62.2 Å². The van der Waals surface area contributed by atoms with Crippen molar-refractivity contribution in [2.75, 3.05) is 33.4 Å². The fraction of sp³-hybridized carbons (Fsp3) is 0.409. The van der Waals surface area contributed by atoms with Gasteiger partial charge in [0.1, 0.15) is 11.5 Å². The lowest BCUT2D eigenvalue weighted by molar-refractivity contribution is 0.0420. The van der Waals surface area contributed by atoms with Gasteiger partial charge < -0.3 is 24.8 Å². The van der Waals surface area contributed by atoms with Gasteiger partial charge in [-0.2, -0.15) is 0 Å². The number of nitrogens with one attached hydrogen (secondary N) is 2. The molecule has 0 amide bonds. The largest absolute Gasteiger partial charge is 0.457 e. The van der Waals surface area contributed by atoms with E-state index < -0.39 is 0 Å². The summed E-state index contributed by atoms with van der Waals surface area (Å²) >= 11 is 0. The van der Waals surface area contributed by atoms with Crippen molar-refractivity contribution in [3.8, 4) is 11.5 Å². The van der Waals surface area contributed by atoms with Crippen molar-refractivity contribution in [2.24, 2.45) is 4.99 Å². The zero-order chi connectivity index (χ0) is 19.4. The van der Waals surface area contributed by atoms with Crippen LogP contribution in [0.5, 0.6) is 11.5 Å². The Morgan fingerprint density at radius 1 is 1.11 bits per heavy atom. The van der Waals surface area contributed by atoms with E-state index in [9.17, 15) is 0 Å². The highest BCUT2D eigenvalue weighted by Crippen LogP contribution is 2.24. The minimum absolute atomic E-state index is 0.263. The SMILES string of the molecule is CN=C(NCCCOC1CCOC1)NCc1ccccc1Oc1ccccc1. The predicted molar refractivity (Wildman–Crippen MR) is 111 cm³/mol. The molecular formula is C22H29N3O3. The van der Waals surface area contributed by atoms with Crippen molar-refractivity contribution < 1.29 is 14.2 Å². The van der Waals surface area contributed by atoms with Gasteiger partial charge in [0.25, 0.3) is 0 Å². The molecule has 1 heterocycles. The summed E-state index contributed by atoms with van der Waals surface area (Å²) < 4.78 is 17.1. The monoisotopic (exact) mass is 383 g/mol. The maximum absolute atomic E-state index is 6.01. The van der Waals surface area contributed by atoms with Gasteiger partial charge in [-0.25, -0.2) is 0 Å². The van der Waals surface area contributed by atoms with Crippen LogP contribution in [-0.2, 0) is 16.0 Å². The van der Waals surface area contributed by atoms with E-state index in [2.05, 4.69) is 21.7 Å². The molecule has 2 aromatic carbocycles. The Labute approximate surface area is 166 Å². The molecule has 6 heteroatoms. The van der Waals surface area contributed by atoms with Crippen molar-refractivity contribution in [1.82, 2.24) is 10.6 Å². The van der Waals surface area contributed by atoms with Crippen LogP contribution in [0.15, 0.2) is 59.6 Å². The number of guanidine groups is 1. The molecular weight excluding hydrogens is 354 g/mol. The summed E-state index contributed by atoms with van der Waals surface area (Å²) in [5.74, 6) is 2.42. The molecule has 1 unspecified atom stereocenters. The van der Waals surface area contributed by atoms with Crippen LogP contribution in [0.2, 0.25) is 0 Å². The lowest BCUT2D eigenvalue weighted by Crippen LogP contribution is -2.37. The van der Waals surface area contributed by atoms with Crippen molar-refractivity contribution in [1.29, 1.82) is 0 Å². The Kier molecular flexibility index (Phi) is 8.15. The first-order valence-corrected chi connectivity index (χ1v) is 9.80. The lowest BCUT2D eigenvalue weighted by atomic mass is 10.2. The van der Waals surface area contributed by atoms with Crippen LogP contribution in [-0.4, -0.2) is 45.5 Å². The van der Waals surface area contributed by atoms with Gasteiger partial charge in [0, 0.05) is 38.9 Å². The average Bonchev–Trinajstić information content (AvgIpc) is 3.25. The van der Waals surface area contributed by atoms with E-state index in [1.807, 2.05) is 48.5 Å². The first-order chi connectivity index (χ1) is 13.8. The minimum Gasteiger partial charge on any atom is -0.457 e. The van der Waals surface area contributed by atoms with Crippen LogP contribution < -0.4 is 15.4 Å². The standard InChI is InChI=1S/C22H29N3O3/c1-23-22(24-13-7-14-27-20-12-15-26-17-20)25-16-18-8-5-6-11-21(18)28-19-9-3-2-4-10-19/h2-6,8-11,20H,7,12-17H2,1H3,(H2,23,24,25). The fourth-order valence-corrected chi connectivity index (χ4v) is 2.94. The summed E-state index contributed by atoms with van der Waals surface area (Å²) in [6.45, 7) is 3.69. The van der Waals surface area contributed by atoms with Gasteiger partial charge in [-0.15, -0.1) is 0 Å². The molecule has 1 aliphatic heterocycles. The Morgan fingerprint density at radius 2 is 1.93 bits per heavy atom. The highest BCUT2D eigenvalue weighted by Gasteiger charge is 2.15. The number of ether oxygens (including phenoxy) is 3. The number of nitrogens with zero attached hydrogens (tertiary/aromatic N) is 1. The van der Waals surface area contributed by atoms with E-state index in [4.69, 9.17) is 14.2 Å². The minimum atomic E-state index is 0.263. The molecule has 1 aliphatic rings. The van der Waals surface area contributed by atoms with Crippen LogP contribution in [0, 0.1) is 0 Å². The van der Waals surface area contributed by atoms with Gasteiger partial charge >= 0.3 is 0 Å². The molecule has 0 bridgehead atoms. The zero-order valence-electron chi connectivity index (χ0n) is 16.4. The van der Waals surface area contributed by atoms with E-state index in [1.54, 1.807) is 7.05 Å². The highest BCUT2D eigenvalue weighted by atomic mass is 16.5. The average molecular weight is 383 g/mol. The third-order valence-corrected chi connectivity index (χ3v) is 4.47. The highest BCUT2D eigenvalue weighted by molar-refractivity contribution is 5.79. The second-order valence-electron chi connectivity index (χ2n) is 6.59. The lowest BCUT2D eigenvalue weighted by Gasteiger charge is -2.15. The summed E-state index contributed by atoms with van der Waals surface area (Å²) in [7, 11) is 1.77. The van der Waals surface area contributed by atoms with Crippen molar-refractivity contribution >= 4 is 5.96 Å². The van der Waals surface area contributed by atoms with E-state index in [1.165, 1.54) is 0 Å². The molecule has 2 N–H and O–H groups in total. The molecule has 3 rings (SSSR count). The van der Waals surface area contributed by atoms with Crippen LogP contribution in [0.4, 0.5) is 0 Å². The maximum atomic E-state index is 6.01. The van der Waals surface area contributed by atoms with Crippen LogP contribution in [0.25, 0.3) is 0 Å². The normalized spacial score (nSPS) is 16.8. The summed E-state index contributed by atoms with van der Waals surface area (Å²) in [5, 5.41) is 6.66. The Bertz CT molecular complexity index is 731. The van der Waals surface area contributed by atoms with Gasteiger partial charge in [0.05, 0.1) is 12.7 Å². The van der Waals surface area contributed by atoms with Gasteiger partial charge in [0.2, 0.25) is 0 Å². The first kappa shape index (κ1) is 20.2. The summed E-state index contributed by atoms with van der Waals surface area (Å²) in [6, 6.07) is 17.8. The van der Waals surface area contributed by atoms with Crippen LogP contribution in [0.1, 0.15) is 18.4 Å². The quantitative estimate of drug-likeness (QED) is 0.395. The summed E-state index contributed by atoms with van der Waals surface area (Å²) in [6.07, 6.45) is 2.19. The molecule has 28 heavy (non-hydrogen) atoms. The van der Waals surface area contributed by atoms with Gasteiger partial charge in [-0.05, 0) is 31.0 Å². The molecule has 0 spiro atoms. The molecule has 0 radical (unpaired) electrons. The van der Waals surface area contributed by atoms with Gasteiger partial charge in [0.15, 0.2) is 5.96 Å². The molecule has 0 saturated carbocycles. The molecule has 0 aliphatic carbocycles. The van der Waals surface area contributed by atoms with Crippen molar-refractivity contribution in [3.63, 3.8) is 0 Å². The number of aliphatic imine (C=N–C) groups is 1. The van der Waals surface area contributed by atoms with Crippen molar-refractivity contribution in [3.05, 3.63) is 60.2 Å². The third-order valence-electron chi connectivity index (χ3n) is 4.47. The molecule has 2 aromatic rings. The van der Waals surface area contributed by atoms with Crippen LogP contribution >= 0.6 is 0 Å². The Balaban J connectivity index is 1.42. The smallest absolute Gasteiger partial charge is 0.191 e. The van der Waals surface area contributed by atoms with E-state index in [-0.39, 0.29) is 6.10 Å². The van der Waals surface area contributed by atoms with Crippen molar-refractivity contribution in [2.45, 2.75) is 25.5 Å². The number of rotatable bonds is 9. The Morgan fingerprint density at radius 3 is 2.71 bits per heavy atom. The fourth-order valence-electron chi connectivity index (χ4n) is 2.94. The van der Waals surface area contributed by atoms with E-state index >= 15 is 0 Å².